The molecule has 3 heteroatoms. The van der Waals surface area contributed by atoms with Gasteiger partial charge in [-0.2, -0.15) is 0 Å². The molecule has 0 saturated carbocycles. The first kappa shape index (κ1) is 11.1. The van der Waals surface area contributed by atoms with E-state index in [2.05, 4.69) is 20.8 Å². The molecule has 1 aliphatic rings. The number of hydrogen-bond donors (Lipinski definition) is 1. The molecule has 1 aliphatic carbocycles. The lowest BCUT2D eigenvalue weighted by Gasteiger charge is -2.22. The second-order valence-electron chi connectivity index (χ2n) is 4.95. The lowest BCUT2D eigenvalue weighted by molar-refractivity contribution is 0.449. The van der Waals surface area contributed by atoms with Gasteiger partial charge >= 0.3 is 0 Å². The number of thiazole rings is 1. The van der Waals surface area contributed by atoms with E-state index < -0.39 is 0 Å². The van der Waals surface area contributed by atoms with Gasteiger partial charge in [0.25, 0.3) is 0 Å². The van der Waals surface area contributed by atoms with Gasteiger partial charge in [0.2, 0.25) is 0 Å². The van der Waals surface area contributed by atoms with E-state index in [0.717, 1.165) is 12.3 Å². The highest BCUT2D eigenvalue weighted by molar-refractivity contribution is 7.12. The SMILES string of the molecule is CC1Cc2nc(C(C)CN)sc2C(C)C1. The fourth-order valence-electron chi connectivity index (χ4n) is 2.35. The predicted octanol–water partition coefficient (Wildman–Crippen LogP) is 2.89. The van der Waals surface area contributed by atoms with Crippen molar-refractivity contribution in [3.05, 3.63) is 15.6 Å². The van der Waals surface area contributed by atoms with Gasteiger partial charge in [0, 0.05) is 17.3 Å². The van der Waals surface area contributed by atoms with Gasteiger partial charge in [-0.1, -0.05) is 20.8 Å². The van der Waals surface area contributed by atoms with Crippen LogP contribution in [0.3, 0.4) is 0 Å². The molecule has 1 aromatic heterocycles. The van der Waals surface area contributed by atoms with Crippen molar-refractivity contribution in [2.45, 2.75) is 45.4 Å². The summed E-state index contributed by atoms with van der Waals surface area (Å²) in [4.78, 5) is 6.28. The molecule has 0 aromatic carbocycles. The van der Waals surface area contributed by atoms with Crippen molar-refractivity contribution in [1.82, 2.24) is 4.98 Å². The van der Waals surface area contributed by atoms with Crippen LogP contribution < -0.4 is 5.73 Å². The molecule has 0 fully saturated rings. The number of aromatic nitrogens is 1. The minimum Gasteiger partial charge on any atom is -0.330 e. The predicted molar refractivity (Wildman–Crippen MR) is 65.5 cm³/mol. The molecule has 0 spiro atoms. The summed E-state index contributed by atoms with van der Waals surface area (Å²) in [7, 11) is 0. The monoisotopic (exact) mass is 224 g/mol. The summed E-state index contributed by atoms with van der Waals surface area (Å²) in [6.45, 7) is 7.52. The Morgan fingerprint density at radius 3 is 2.93 bits per heavy atom. The highest BCUT2D eigenvalue weighted by atomic mass is 32.1. The quantitative estimate of drug-likeness (QED) is 0.839. The summed E-state index contributed by atoms with van der Waals surface area (Å²) in [5.41, 5.74) is 7.04. The van der Waals surface area contributed by atoms with E-state index in [-0.39, 0.29) is 0 Å². The molecule has 2 nitrogen and oxygen atoms in total. The van der Waals surface area contributed by atoms with Crippen LogP contribution >= 0.6 is 11.3 Å². The molecule has 1 heterocycles. The fraction of sp³-hybridized carbons (Fsp3) is 0.750. The summed E-state index contributed by atoms with van der Waals surface area (Å²) in [6, 6.07) is 0. The van der Waals surface area contributed by atoms with E-state index in [1.54, 1.807) is 0 Å². The standard InChI is InChI=1S/C12H20N2S/c1-7-4-8(2)11-10(5-7)14-12(15-11)9(3)6-13/h7-9H,4-6,13H2,1-3H3. The minimum atomic E-state index is 0.420. The topological polar surface area (TPSA) is 38.9 Å². The number of hydrogen-bond acceptors (Lipinski definition) is 3. The van der Waals surface area contributed by atoms with Gasteiger partial charge in [-0.3, -0.25) is 0 Å². The molecule has 15 heavy (non-hydrogen) atoms. The Balaban J connectivity index is 2.30. The van der Waals surface area contributed by atoms with Crippen LogP contribution in [0, 0.1) is 5.92 Å². The second kappa shape index (κ2) is 4.22. The van der Waals surface area contributed by atoms with Crippen molar-refractivity contribution >= 4 is 11.3 Å². The van der Waals surface area contributed by atoms with Gasteiger partial charge < -0.3 is 5.73 Å². The van der Waals surface area contributed by atoms with Gasteiger partial charge in [-0.15, -0.1) is 11.3 Å². The molecule has 0 bridgehead atoms. The lowest BCUT2D eigenvalue weighted by atomic mass is 9.86. The molecule has 0 aliphatic heterocycles. The van der Waals surface area contributed by atoms with Crippen LogP contribution in [0.1, 0.15) is 54.6 Å². The number of rotatable bonds is 2. The highest BCUT2D eigenvalue weighted by Gasteiger charge is 2.26. The summed E-state index contributed by atoms with van der Waals surface area (Å²) in [5.74, 6) is 1.90. The van der Waals surface area contributed by atoms with Crippen LogP contribution in [0.15, 0.2) is 0 Å². The zero-order valence-electron chi connectivity index (χ0n) is 9.79. The Bertz CT molecular complexity index is 345. The Morgan fingerprint density at radius 2 is 2.27 bits per heavy atom. The van der Waals surface area contributed by atoms with Gasteiger partial charge in [0.1, 0.15) is 0 Å². The molecule has 0 saturated heterocycles. The zero-order valence-corrected chi connectivity index (χ0v) is 10.6. The first-order valence-corrected chi connectivity index (χ1v) is 6.63. The molecule has 3 atom stereocenters. The Labute approximate surface area is 95.9 Å². The molecule has 2 rings (SSSR count). The van der Waals surface area contributed by atoms with Crippen LogP contribution in [0.5, 0.6) is 0 Å². The van der Waals surface area contributed by atoms with Crippen molar-refractivity contribution in [2.24, 2.45) is 11.7 Å². The van der Waals surface area contributed by atoms with Crippen LogP contribution in [0.2, 0.25) is 0 Å². The number of nitrogens with zero attached hydrogens (tertiary/aromatic N) is 1. The minimum absolute atomic E-state index is 0.420. The molecule has 3 unspecified atom stereocenters. The molecular formula is C12H20N2S. The first-order valence-electron chi connectivity index (χ1n) is 5.81. The Hall–Kier alpha value is -0.410. The molecule has 1 aromatic rings. The van der Waals surface area contributed by atoms with E-state index in [4.69, 9.17) is 10.7 Å². The van der Waals surface area contributed by atoms with E-state index >= 15 is 0 Å². The summed E-state index contributed by atoms with van der Waals surface area (Å²) in [5, 5.41) is 1.24. The number of nitrogens with two attached hydrogens (primary N) is 1. The third kappa shape index (κ3) is 2.08. The third-order valence-electron chi connectivity index (χ3n) is 3.26. The average Bonchev–Trinajstić information content (AvgIpc) is 2.60. The highest BCUT2D eigenvalue weighted by Crippen LogP contribution is 2.39. The Morgan fingerprint density at radius 1 is 1.53 bits per heavy atom. The largest absolute Gasteiger partial charge is 0.330 e. The molecular weight excluding hydrogens is 204 g/mol. The maximum Gasteiger partial charge on any atom is 0.0971 e. The average molecular weight is 224 g/mol. The fourth-order valence-corrected chi connectivity index (χ4v) is 3.57. The van der Waals surface area contributed by atoms with E-state index in [0.29, 0.717) is 18.4 Å². The molecule has 2 N–H and O–H groups in total. The van der Waals surface area contributed by atoms with Crippen LogP contribution in [-0.2, 0) is 6.42 Å². The summed E-state index contributed by atoms with van der Waals surface area (Å²) >= 11 is 1.89. The smallest absolute Gasteiger partial charge is 0.0971 e. The van der Waals surface area contributed by atoms with Crippen LogP contribution in [0.25, 0.3) is 0 Å². The van der Waals surface area contributed by atoms with Crippen LogP contribution in [-0.4, -0.2) is 11.5 Å². The van der Waals surface area contributed by atoms with Crippen LogP contribution in [0.4, 0.5) is 0 Å². The Kier molecular flexibility index (Phi) is 3.12. The maximum absolute atomic E-state index is 5.69. The van der Waals surface area contributed by atoms with Gasteiger partial charge in [-0.05, 0) is 24.7 Å². The van der Waals surface area contributed by atoms with Crippen molar-refractivity contribution < 1.29 is 0 Å². The second-order valence-corrected chi connectivity index (χ2v) is 6.01. The summed E-state index contributed by atoms with van der Waals surface area (Å²) in [6.07, 6.45) is 2.47. The van der Waals surface area contributed by atoms with Gasteiger partial charge in [0.05, 0.1) is 10.7 Å². The van der Waals surface area contributed by atoms with Crippen molar-refractivity contribution in [1.29, 1.82) is 0 Å². The first-order chi connectivity index (χ1) is 7.11. The molecule has 0 amide bonds. The van der Waals surface area contributed by atoms with Crippen molar-refractivity contribution in [2.75, 3.05) is 6.54 Å². The molecule has 84 valence electrons. The van der Waals surface area contributed by atoms with Gasteiger partial charge in [0.15, 0.2) is 0 Å². The van der Waals surface area contributed by atoms with Gasteiger partial charge in [-0.25, -0.2) is 4.98 Å². The van der Waals surface area contributed by atoms with E-state index in [9.17, 15) is 0 Å². The number of fused-ring (bicyclic) bond motifs is 1. The molecule has 0 radical (unpaired) electrons. The normalized spacial score (nSPS) is 27.5. The lowest BCUT2D eigenvalue weighted by Crippen LogP contribution is -2.13. The van der Waals surface area contributed by atoms with Crippen molar-refractivity contribution in [3.8, 4) is 0 Å². The van der Waals surface area contributed by atoms with E-state index in [1.807, 2.05) is 11.3 Å². The zero-order chi connectivity index (χ0) is 11.0. The van der Waals surface area contributed by atoms with Crippen molar-refractivity contribution in [3.63, 3.8) is 0 Å². The third-order valence-corrected chi connectivity index (χ3v) is 4.83. The summed E-state index contributed by atoms with van der Waals surface area (Å²) < 4.78 is 0. The van der Waals surface area contributed by atoms with E-state index in [1.165, 1.54) is 22.0 Å². The maximum atomic E-state index is 5.69.